The molecule has 90 valence electrons. The summed E-state index contributed by atoms with van der Waals surface area (Å²) >= 11 is 0. The third kappa shape index (κ3) is 3.42. The lowest BCUT2D eigenvalue weighted by Gasteiger charge is -2.26. The fourth-order valence-corrected chi connectivity index (χ4v) is 2.49. The maximum atomic E-state index is 8.75. The van der Waals surface area contributed by atoms with Crippen molar-refractivity contribution in [3.63, 3.8) is 0 Å². The van der Waals surface area contributed by atoms with Gasteiger partial charge in [-0.05, 0) is 30.7 Å². The van der Waals surface area contributed by atoms with E-state index in [0.29, 0.717) is 17.6 Å². The van der Waals surface area contributed by atoms with Crippen molar-refractivity contribution >= 4 is 5.95 Å². The Hall–Kier alpha value is -1.63. The normalized spacial score (nSPS) is 24.0. The highest BCUT2D eigenvalue weighted by Crippen LogP contribution is 2.28. The van der Waals surface area contributed by atoms with Gasteiger partial charge in [-0.25, -0.2) is 9.97 Å². The van der Waals surface area contributed by atoms with E-state index in [1.807, 2.05) is 6.07 Å². The Balaban J connectivity index is 1.87. The first kappa shape index (κ1) is 11.8. The fraction of sp³-hybridized carbons (Fsp3) is 0.615. The van der Waals surface area contributed by atoms with Gasteiger partial charge in [0, 0.05) is 12.7 Å². The quantitative estimate of drug-likeness (QED) is 0.867. The molecule has 0 bridgehead atoms. The third-order valence-electron chi connectivity index (χ3n) is 3.36. The summed E-state index contributed by atoms with van der Waals surface area (Å²) in [6.07, 6.45) is 6.88. The first-order valence-corrected chi connectivity index (χ1v) is 6.25. The predicted molar refractivity (Wildman–Crippen MR) is 66.4 cm³/mol. The van der Waals surface area contributed by atoms with Crippen LogP contribution in [0.3, 0.4) is 0 Å². The van der Waals surface area contributed by atoms with Gasteiger partial charge in [-0.2, -0.15) is 5.26 Å². The number of rotatable bonds is 3. The van der Waals surface area contributed by atoms with Crippen LogP contribution in [0, 0.1) is 23.2 Å². The molecule has 0 amide bonds. The van der Waals surface area contributed by atoms with Gasteiger partial charge in [-0.15, -0.1) is 0 Å². The van der Waals surface area contributed by atoms with Crippen molar-refractivity contribution in [1.82, 2.24) is 9.97 Å². The lowest BCUT2D eigenvalue weighted by Crippen LogP contribution is -2.21. The minimum Gasteiger partial charge on any atom is -0.354 e. The molecule has 0 aromatic carbocycles. The molecule has 1 aliphatic carbocycles. The Morgan fingerprint density at radius 1 is 1.53 bits per heavy atom. The molecule has 1 N–H and O–H groups in total. The summed E-state index contributed by atoms with van der Waals surface area (Å²) in [5.74, 6) is 2.12. The average molecular weight is 230 g/mol. The van der Waals surface area contributed by atoms with Gasteiger partial charge in [0.15, 0.2) is 0 Å². The lowest BCUT2D eigenvalue weighted by molar-refractivity contribution is 0.293. The molecular weight excluding hydrogens is 212 g/mol. The van der Waals surface area contributed by atoms with E-state index >= 15 is 0 Å². The van der Waals surface area contributed by atoms with Gasteiger partial charge < -0.3 is 5.32 Å². The highest BCUT2D eigenvalue weighted by Gasteiger charge is 2.18. The smallest absolute Gasteiger partial charge is 0.223 e. The molecule has 17 heavy (non-hydrogen) atoms. The summed E-state index contributed by atoms with van der Waals surface area (Å²) in [5.41, 5.74) is 0.416. The molecular formula is C13H18N4. The number of anilines is 1. The number of nitrogens with one attached hydrogen (secondary N) is 1. The van der Waals surface area contributed by atoms with E-state index in [-0.39, 0.29) is 0 Å². The molecule has 0 radical (unpaired) electrons. The summed E-state index contributed by atoms with van der Waals surface area (Å²) in [7, 11) is 0. The second kappa shape index (κ2) is 5.62. The molecule has 1 aromatic heterocycles. The highest BCUT2D eigenvalue weighted by molar-refractivity contribution is 5.29. The summed E-state index contributed by atoms with van der Waals surface area (Å²) < 4.78 is 0. The van der Waals surface area contributed by atoms with E-state index in [1.165, 1.54) is 25.7 Å². The van der Waals surface area contributed by atoms with E-state index in [1.54, 1.807) is 12.3 Å². The van der Waals surface area contributed by atoms with Gasteiger partial charge >= 0.3 is 0 Å². The summed E-state index contributed by atoms with van der Waals surface area (Å²) in [6, 6.07) is 3.64. The molecule has 1 heterocycles. The van der Waals surface area contributed by atoms with Gasteiger partial charge in [-0.1, -0.05) is 19.8 Å². The molecule has 0 aliphatic heterocycles. The van der Waals surface area contributed by atoms with Crippen molar-refractivity contribution in [1.29, 1.82) is 5.26 Å². The Bertz CT molecular complexity index is 410. The number of aromatic nitrogens is 2. The Morgan fingerprint density at radius 3 is 3.18 bits per heavy atom. The summed E-state index contributed by atoms with van der Waals surface area (Å²) in [4.78, 5) is 8.23. The standard InChI is InChI=1S/C13H18N4/c1-10-3-2-4-11(7-10)9-16-13-15-6-5-12(8-14)17-13/h5-6,10-11H,2-4,7,9H2,1H3,(H,15,16,17). The van der Waals surface area contributed by atoms with Crippen LogP contribution in [-0.4, -0.2) is 16.5 Å². The van der Waals surface area contributed by atoms with E-state index in [0.717, 1.165) is 12.5 Å². The largest absolute Gasteiger partial charge is 0.354 e. The molecule has 1 fully saturated rings. The van der Waals surface area contributed by atoms with Crippen molar-refractivity contribution in [2.75, 3.05) is 11.9 Å². The van der Waals surface area contributed by atoms with Crippen LogP contribution >= 0.6 is 0 Å². The van der Waals surface area contributed by atoms with Crippen LogP contribution in [0.15, 0.2) is 12.3 Å². The van der Waals surface area contributed by atoms with Crippen LogP contribution in [0.2, 0.25) is 0 Å². The molecule has 2 atom stereocenters. The van der Waals surface area contributed by atoms with Crippen molar-refractivity contribution in [3.8, 4) is 6.07 Å². The zero-order chi connectivity index (χ0) is 12.1. The maximum absolute atomic E-state index is 8.75. The molecule has 0 saturated heterocycles. The van der Waals surface area contributed by atoms with Crippen molar-refractivity contribution < 1.29 is 0 Å². The van der Waals surface area contributed by atoms with Gasteiger partial charge in [0.2, 0.25) is 5.95 Å². The lowest BCUT2D eigenvalue weighted by atomic mass is 9.82. The minimum atomic E-state index is 0.416. The molecule has 0 spiro atoms. The van der Waals surface area contributed by atoms with Crippen molar-refractivity contribution in [2.24, 2.45) is 11.8 Å². The zero-order valence-electron chi connectivity index (χ0n) is 10.2. The van der Waals surface area contributed by atoms with Crippen LogP contribution in [0.1, 0.15) is 38.3 Å². The molecule has 4 nitrogen and oxygen atoms in total. The third-order valence-corrected chi connectivity index (χ3v) is 3.36. The molecule has 1 saturated carbocycles. The second-order valence-corrected chi connectivity index (χ2v) is 4.90. The van der Waals surface area contributed by atoms with Gasteiger partial charge in [0.25, 0.3) is 0 Å². The van der Waals surface area contributed by atoms with E-state index in [9.17, 15) is 0 Å². The second-order valence-electron chi connectivity index (χ2n) is 4.90. The van der Waals surface area contributed by atoms with Crippen LogP contribution in [0.25, 0.3) is 0 Å². The first-order chi connectivity index (χ1) is 8.28. The predicted octanol–water partition coefficient (Wildman–Crippen LogP) is 2.59. The van der Waals surface area contributed by atoms with Gasteiger partial charge in [0.1, 0.15) is 11.8 Å². The van der Waals surface area contributed by atoms with Gasteiger partial charge in [0.05, 0.1) is 0 Å². The van der Waals surface area contributed by atoms with E-state index in [4.69, 9.17) is 5.26 Å². The number of nitrogens with zero attached hydrogens (tertiary/aromatic N) is 3. The van der Waals surface area contributed by atoms with Crippen molar-refractivity contribution in [2.45, 2.75) is 32.6 Å². The average Bonchev–Trinajstić information content (AvgIpc) is 2.37. The van der Waals surface area contributed by atoms with Gasteiger partial charge in [-0.3, -0.25) is 0 Å². The summed E-state index contributed by atoms with van der Waals surface area (Å²) in [5, 5.41) is 12.0. The summed E-state index contributed by atoms with van der Waals surface area (Å²) in [6.45, 7) is 3.23. The highest BCUT2D eigenvalue weighted by atomic mass is 15.1. The van der Waals surface area contributed by atoms with E-state index in [2.05, 4.69) is 22.2 Å². The van der Waals surface area contributed by atoms with Crippen molar-refractivity contribution in [3.05, 3.63) is 18.0 Å². The number of hydrogen-bond donors (Lipinski definition) is 1. The van der Waals surface area contributed by atoms with Crippen LogP contribution in [0.5, 0.6) is 0 Å². The van der Waals surface area contributed by atoms with E-state index < -0.39 is 0 Å². The Labute approximate surface area is 102 Å². The molecule has 1 aromatic rings. The van der Waals surface area contributed by atoms with Crippen LogP contribution in [-0.2, 0) is 0 Å². The molecule has 4 heteroatoms. The first-order valence-electron chi connectivity index (χ1n) is 6.25. The topological polar surface area (TPSA) is 61.6 Å². The molecule has 1 aliphatic rings. The fourth-order valence-electron chi connectivity index (χ4n) is 2.49. The SMILES string of the molecule is CC1CCCC(CNc2nccc(C#N)n2)C1. The Morgan fingerprint density at radius 2 is 2.41 bits per heavy atom. The molecule has 2 unspecified atom stereocenters. The monoisotopic (exact) mass is 230 g/mol. The van der Waals surface area contributed by atoms with Crippen LogP contribution < -0.4 is 5.32 Å². The maximum Gasteiger partial charge on any atom is 0.223 e. The number of hydrogen-bond acceptors (Lipinski definition) is 4. The zero-order valence-corrected chi connectivity index (χ0v) is 10.2. The van der Waals surface area contributed by atoms with Crippen LogP contribution in [0.4, 0.5) is 5.95 Å². The molecule has 2 rings (SSSR count). The Kier molecular flexibility index (Phi) is 3.92. The minimum absolute atomic E-state index is 0.416. The number of nitriles is 1.